The molecule has 1 aromatic carbocycles. The maximum absolute atomic E-state index is 13.5. The van der Waals surface area contributed by atoms with E-state index in [0.29, 0.717) is 0 Å². The number of benzene rings is 1. The number of anilines is 1. The van der Waals surface area contributed by atoms with Crippen LogP contribution in [0, 0.1) is 11.6 Å². The summed E-state index contributed by atoms with van der Waals surface area (Å²) in [5.41, 5.74) is 0.937. The number of hydrogen-bond donors (Lipinski definition) is 3. The van der Waals surface area contributed by atoms with Crippen LogP contribution in [-0.2, 0) is 9.59 Å². The second-order valence-corrected chi connectivity index (χ2v) is 4.09. The molecular weight excluding hydrogens is 274 g/mol. The van der Waals surface area contributed by atoms with Crippen molar-refractivity contribution in [2.24, 2.45) is 5.84 Å². The van der Waals surface area contributed by atoms with Gasteiger partial charge in [-0.3, -0.25) is 25.5 Å². The maximum atomic E-state index is 13.5. The van der Waals surface area contributed by atoms with Crippen molar-refractivity contribution in [1.29, 1.82) is 0 Å². The fourth-order valence-corrected chi connectivity index (χ4v) is 1.80. The van der Waals surface area contributed by atoms with E-state index in [1.807, 2.05) is 10.7 Å². The van der Waals surface area contributed by atoms with Gasteiger partial charge in [-0.1, -0.05) is 0 Å². The summed E-state index contributed by atoms with van der Waals surface area (Å²) in [6, 6.07) is 1.55. The summed E-state index contributed by atoms with van der Waals surface area (Å²) in [5.74, 6) is 0.692. The molecular formula is C11H10F2N4O3. The number of carbonyl (C=O) groups is 3. The molecule has 0 bridgehead atoms. The quantitative estimate of drug-likeness (QED) is 0.380. The standard InChI is InChI=1S/C11H10F2N4O3/c12-6-1-5(2-7(13)10(6)16-14)11(20)17-3-8(18)15-9(19)4-17/h1-2,16H,3-4,14H2,(H,15,18,19). The first-order valence-electron chi connectivity index (χ1n) is 5.50. The molecule has 1 fully saturated rings. The van der Waals surface area contributed by atoms with Gasteiger partial charge in [0.1, 0.15) is 18.8 Å². The van der Waals surface area contributed by atoms with E-state index in [1.165, 1.54) is 0 Å². The molecule has 1 aliphatic rings. The lowest BCUT2D eigenvalue weighted by atomic mass is 10.1. The summed E-state index contributed by atoms with van der Waals surface area (Å²) < 4.78 is 27.0. The number of rotatable bonds is 2. The average Bonchev–Trinajstić information content (AvgIpc) is 2.36. The summed E-state index contributed by atoms with van der Waals surface area (Å²) in [4.78, 5) is 35.2. The second-order valence-electron chi connectivity index (χ2n) is 4.09. The first-order chi connectivity index (χ1) is 9.42. The van der Waals surface area contributed by atoms with Crippen LogP contribution in [0.1, 0.15) is 10.4 Å². The Balaban J connectivity index is 2.29. The number of halogens is 2. The first-order valence-corrected chi connectivity index (χ1v) is 5.50. The number of imide groups is 1. The van der Waals surface area contributed by atoms with Gasteiger partial charge in [0.2, 0.25) is 11.8 Å². The van der Waals surface area contributed by atoms with Gasteiger partial charge < -0.3 is 10.3 Å². The van der Waals surface area contributed by atoms with Crippen LogP contribution in [0.5, 0.6) is 0 Å². The third kappa shape index (κ3) is 2.57. The number of nitrogens with two attached hydrogens (primary N) is 1. The largest absolute Gasteiger partial charge is 0.320 e. The van der Waals surface area contributed by atoms with Crippen molar-refractivity contribution < 1.29 is 23.2 Å². The minimum absolute atomic E-state index is 0.318. The van der Waals surface area contributed by atoms with Crippen LogP contribution >= 0.6 is 0 Å². The fraction of sp³-hybridized carbons (Fsp3) is 0.182. The molecule has 1 aliphatic heterocycles. The molecule has 4 N–H and O–H groups in total. The molecule has 0 atom stereocenters. The van der Waals surface area contributed by atoms with Gasteiger partial charge in [0.25, 0.3) is 5.91 Å². The number of carbonyl (C=O) groups excluding carboxylic acids is 3. The predicted molar refractivity (Wildman–Crippen MR) is 63.2 cm³/mol. The van der Waals surface area contributed by atoms with E-state index in [0.717, 1.165) is 17.0 Å². The van der Waals surface area contributed by atoms with Crippen molar-refractivity contribution >= 4 is 23.4 Å². The van der Waals surface area contributed by atoms with E-state index < -0.39 is 35.0 Å². The molecule has 106 valence electrons. The Morgan fingerprint density at radius 3 is 2.15 bits per heavy atom. The molecule has 2 rings (SSSR count). The molecule has 0 spiro atoms. The smallest absolute Gasteiger partial charge is 0.255 e. The Hall–Kier alpha value is -2.55. The fourth-order valence-electron chi connectivity index (χ4n) is 1.80. The Morgan fingerprint density at radius 1 is 1.20 bits per heavy atom. The van der Waals surface area contributed by atoms with Crippen LogP contribution in [0.4, 0.5) is 14.5 Å². The molecule has 0 unspecified atom stereocenters. The Kier molecular flexibility index (Phi) is 3.61. The van der Waals surface area contributed by atoms with E-state index in [1.54, 1.807) is 0 Å². The van der Waals surface area contributed by atoms with E-state index in [2.05, 4.69) is 0 Å². The van der Waals surface area contributed by atoms with Crippen LogP contribution in [0.2, 0.25) is 0 Å². The van der Waals surface area contributed by atoms with Crippen LogP contribution in [0.25, 0.3) is 0 Å². The lowest BCUT2D eigenvalue weighted by Crippen LogP contribution is -2.53. The molecule has 9 heteroatoms. The molecule has 0 radical (unpaired) electrons. The Labute approximate surface area is 111 Å². The highest BCUT2D eigenvalue weighted by molar-refractivity contribution is 6.05. The van der Waals surface area contributed by atoms with Gasteiger partial charge in [0, 0.05) is 5.56 Å². The van der Waals surface area contributed by atoms with Gasteiger partial charge in [0.15, 0.2) is 11.6 Å². The lowest BCUT2D eigenvalue weighted by Gasteiger charge is -2.25. The number of hydrogen-bond acceptors (Lipinski definition) is 5. The number of nitrogen functional groups attached to an aromatic ring is 1. The number of hydrazine groups is 1. The third-order valence-corrected chi connectivity index (χ3v) is 2.67. The molecule has 20 heavy (non-hydrogen) atoms. The van der Waals surface area contributed by atoms with Gasteiger partial charge in [-0.15, -0.1) is 0 Å². The lowest BCUT2D eigenvalue weighted by molar-refractivity contribution is -0.135. The average molecular weight is 284 g/mol. The van der Waals surface area contributed by atoms with Crippen molar-refractivity contribution in [3.05, 3.63) is 29.3 Å². The summed E-state index contributed by atoms with van der Waals surface area (Å²) in [6.45, 7) is -0.713. The van der Waals surface area contributed by atoms with Crippen molar-refractivity contribution in [1.82, 2.24) is 10.2 Å². The topological polar surface area (TPSA) is 105 Å². The Bertz CT molecular complexity index is 566. The maximum Gasteiger partial charge on any atom is 0.255 e. The first kappa shape index (κ1) is 13.9. The van der Waals surface area contributed by atoms with Crippen molar-refractivity contribution in [2.45, 2.75) is 0 Å². The van der Waals surface area contributed by atoms with Gasteiger partial charge >= 0.3 is 0 Å². The number of amides is 3. The van der Waals surface area contributed by atoms with Crippen LogP contribution < -0.4 is 16.6 Å². The molecule has 1 saturated heterocycles. The third-order valence-electron chi connectivity index (χ3n) is 2.67. The molecule has 1 heterocycles. The molecule has 1 aromatic rings. The highest BCUT2D eigenvalue weighted by Crippen LogP contribution is 2.20. The highest BCUT2D eigenvalue weighted by atomic mass is 19.1. The number of piperazine rings is 1. The van der Waals surface area contributed by atoms with Crippen LogP contribution in [0.3, 0.4) is 0 Å². The molecule has 0 saturated carbocycles. The molecule has 0 aromatic heterocycles. The monoisotopic (exact) mass is 284 g/mol. The summed E-state index contributed by atoms with van der Waals surface area (Å²) in [6.07, 6.45) is 0. The molecule has 3 amide bonds. The minimum Gasteiger partial charge on any atom is -0.320 e. The van der Waals surface area contributed by atoms with Crippen molar-refractivity contribution in [2.75, 3.05) is 18.5 Å². The van der Waals surface area contributed by atoms with E-state index in [9.17, 15) is 23.2 Å². The number of nitrogens with zero attached hydrogens (tertiary/aromatic N) is 1. The van der Waals surface area contributed by atoms with Crippen LogP contribution in [-0.4, -0.2) is 35.7 Å². The zero-order chi connectivity index (χ0) is 14.9. The summed E-state index contributed by atoms with van der Waals surface area (Å²) >= 11 is 0. The number of nitrogens with one attached hydrogen (secondary N) is 2. The van der Waals surface area contributed by atoms with E-state index in [-0.39, 0.29) is 18.7 Å². The highest BCUT2D eigenvalue weighted by Gasteiger charge is 2.28. The van der Waals surface area contributed by atoms with Gasteiger partial charge in [0.05, 0.1) is 0 Å². The van der Waals surface area contributed by atoms with E-state index >= 15 is 0 Å². The zero-order valence-electron chi connectivity index (χ0n) is 10.1. The second kappa shape index (κ2) is 5.21. The molecule has 0 aliphatic carbocycles. The summed E-state index contributed by atoms with van der Waals surface area (Å²) in [7, 11) is 0. The SMILES string of the molecule is NNc1c(F)cc(C(=O)N2CC(=O)NC(=O)C2)cc1F. The van der Waals surface area contributed by atoms with E-state index in [4.69, 9.17) is 5.84 Å². The Morgan fingerprint density at radius 2 is 1.70 bits per heavy atom. The zero-order valence-corrected chi connectivity index (χ0v) is 10.1. The van der Waals surface area contributed by atoms with Crippen LogP contribution in [0.15, 0.2) is 12.1 Å². The van der Waals surface area contributed by atoms with Gasteiger partial charge in [-0.2, -0.15) is 0 Å². The predicted octanol–water partition coefficient (Wildman–Crippen LogP) is -0.651. The van der Waals surface area contributed by atoms with Crippen molar-refractivity contribution in [3.8, 4) is 0 Å². The molecule has 7 nitrogen and oxygen atoms in total. The van der Waals surface area contributed by atoms with Gasteiger partial charge in [-0.25, -0.2) is 8.78 Å². The summed E-state index contributed by atoms with van der Waals surface area (Å²) in [5, 5.41) is 2.01. The van der Waals surface area contributed by atoms with Crippen molar-refractivity contribution in [3.63, 3.8) is 0 Å². The minimum atomic E-state index is -1.05. The normalized spacial score (nSPS) is 15.1. The van der Waals surface area contributed by atoms with Gasteiger partial charge in [-0.05, 0) is 12.1 Å².